The number of ether oxygens (including phenoxy) is 1. The molecule has 1 aliphatic carbocycles. The molecule has 0 saturated carbocycles. The van der Waals surface area contributed by atoms with Crippen LogP contribution in [-0.4, -0.2) is 28.6 Å². The molecular formula is C25H38N2OS. The van der Waals surface area contributed by atoms with Crippen molar-refractivity contribution in [1.82, 2.24) is 5.32 Å². The molecule has 0 bridgehead atoms. The van der Waals surface area contributed by atoms with Gasteiger partial charge >= 0.3 is 0 Å². The van der Waals surface area contributed by atoms with Gasteiger partial charge in [0, 0.05) is 35.7 Å². The number of nitrogens with one attached hydrogen (secondary N) is 1. The number of nitrogens with zero attached hydrogens (tertiary/aromatic N) is 1. The molecule has 3 nitrogen and oxygen atoms in total. The normalized spacial score (nSPS) is 45.4. The monoisotopic (exact) mass is 419 g/mol. The van der Waals surface area contributed by atoms with Crippen molar-refractivity contribution in [2.24, 2.45) is 28.2 Å². The molecule has 7 atom stereocenters. The average Bonchev–Trinajstić information content (AvgIpc) is 3.27. The first kappa shape index (κ1) is 15.1. The maximum atomic E-state index is 8.93. The van der Waals surface area contributed by atoms with Gasteiger partial charge in [0.1, 0.15) is 5.76 Å². The van der Waals surface area contributed by atoms with E-state index in [-0.39, 0.29) is 34.7 Å². The minimum atomic E-state index is -2.13. The molecule has 0 aromatic rings. The first-order valence-electron chi connectivity index (χ1n) is 13.9. The van der Waals surface area contributed by atoms with E-state index in [2.05, 4.69) is 23.3 Å². The first-order chi connectivity index (χ1) is 15.8. The molecule has 0 aromatic heterocycles. The second kappa shape index (κ2) is 7.44. The van der Waals surface area contributed by atoms with Crippen LogP contribution < -0.4 is 5.32 Å². The summed E-state index contributed by atoms with van der Waals surface area (Å²) >= 11 is 1.85. The maximum Gasteiger partial charge on any atom is 0.192 e. The molecule has 29 heavy (non-hydrogen) atoms. The van der Waals surface area contributed by atoms with Crippen LogP contribution in [0.15, 0.2) is 28.0 Å². The summed E-state index contributed by atoms with van der Waals surface area (Å²) in [7, 11) is 0. The summed E-state index contributed by atoms with van der Waals surface area (Å²) < 4.78 is 47.5. The van der Waals surface area contributed by atoms with Crippen LogP contribution in [0.4, 0.5) is 0 Å². The summed E-state index contributed by atoms with van der Waals surface area (Å²) in [5, 5.41) is 4.21. The van der Waals surface area contributed by atoms with E-state index in [0.29, 0.717) is 18.1 Å². The fourth-order valence-electron chi connectivity index (χ4n) is 5.92. The van der Waals surface area contributed by atoms with Gasteiger partial charge in [-0.3, -0.25) is 10.3 Å². The Balaban J connectivity index is 1.40. The molecule has 4 aliphatic heterocycles. The third-order valence-electron chi connectivity index (χ3n) is 7.18. The molecule has 2 saturated heterocycles. The van der Waals surface area contributed by atoms with E-state index in [0.717, 1.165) is 37.9 Å². The zero-order valence-corrected chi connectivity index (χ0v) is 18.9. The zero-order chi connectivity index (χ0) is 24.6. The fourth-order valence-corrected chi connectivity index (χ4v) is 7.37. The summed E-state index contributed by atoms with van der Waals surface area (Å²) in [5.74, 6) is 1.62. The Morgan fingerprint density at radius 3 is 3.00 bits per heavy atom. The Morgan fingerprint density at radius 1 is 1.34 bits per heavy atom. The largest absolute Gasteiger partial charge is 0.472 e. The van der Waals surface area contributed by atoms with Crippen LogP contribution in [-0.2, 0) is 4.74 Å². The highest BCUT2D eigenvalue weighted by Gasteiger charge is 2.47. The first-order valence-corrected chi connectivity index (χ1v) is 12.3. The van der Waals surface area contributed by atoms with E-state index < -0.39 is 18.6 Å². The standard InChI is InChI=1S/C25H38N2OS/c1-14-9-10-17-16-7-6-8-19(22(16)28-23(17)26-14)21-12-11-18-20(13-25(3,4)5)15(2)29-24(18)27-21/h11,15-17,20-21,23-24,27H,6-10,12-13H2,1-5H3/t15-,16?,17?,20+,21-,23?,24-/m1/s1/i1D3,13D2. The van der Waals surface area contributed by atoms with Crippen LogP contribution in [0.3, 0.4) is 0 Å². The van der Waals surface area contributed by atoms with Gasteiger partial charge in [-0.05, 0) is 74.2 Å². The maximum absolute atomic E-state index is 8.93. The van der Waals surface area contributed by atoms with E-state index in [1.165, 1.54) is 11.1 Å². The van der Waals surface area contributed by atoms with Gasteiger partial charge in [0.05, 0.1) is 5.37 Å². The molecule has 5 aliphatic rings. The smallest absolute Gasteiger partial charge is 0.192 e. The lowest BCUT2D eigenvalue weighted by Crippen LogP contribution is -2.42. The van der Waals surface area contributed by atoms with Crippen molar-refractivity contribution in [2.45, 2.75) is 102 Å². The molecular weight excluding hydrogens is 376 g/mol. The third kappa shape index (κ3) is 3.73. The van der Waals surface area contributed by atoms with Crippen LogP contribution in [0.25, 0.3) is 0 Å². The fraction of sp³-hybridized carbons (Fsp3) is 0.800. The second-order valence-electron chi connectivity index (χ2n) is 10.4. The van der Waals surface area contributed by atoms with Gasteiger partial charge in [-0.25, -0.2) is 0 Å². The number of hydrogen-bond donors (Lipinski definition) is 1. The number of thioether (sulfide) groups is 1. The third-order valence-corrected chi connectivity index (χ3v) is 8.56. The molecule has 4 heteroatoms. The molecule has 3 unspecified atom stereocenters. The Labute approximate surface area is 188 Å². The molecule has 0 aromatic carbocycles. The van der Waals surface area contributed by atoms with E-state index in [4.69, 9.17) is 11.6 Å². The number of allylic oxidation sites excluding steroid dienone is 1. The summed E-state index contributed by atoms with van der Waals surface area (Å²) in [5.41, 5.74) is 2.44. The van der Waals surface area contributed by atoms with Gasteiger partial charge in [0.2, 0.25) is 0 Å². The Hall–Kier alpha value is -0.740. The number of hydrogen-bond acceptors (Lipinski definition) is 4. The summed E-state index contributed by atoms with van der Waals surface area (Å²) in [4.78, 5) is 4.56. The van der Waals surface area contributed by atoms with E-state index in [9.17, 15) is 0 Å². The van der Waals surface area contributed by atoms with Gasteiger partial charge in [-0.2, -0.15) is 0 Å². The summed E-state index contributed by atoms with van der Waals surface area (Å²) in [6, 6.07) is 0.191. The zero-order valence-electron chi connectivity index (χ0n) is 23.1. The molecule has 0 amide bonds. The van der Waals surface area contributed by atoms with E-state index in [1.807, 2.05) is 32.5 Å². The SMILES string of the molecule is [2H]C([2H])([2H])C1=NC2OC3=C([C@H]4CC=C5[C@H](N4)S[C@H](C)[C@@H]5C([2H])([2H])C(C)(C)C)CCCC3C2CC1. The van der Waals surface area contributed by atoms with Gasteiger partial charge in [0.15, 0.2) is 6.23 Å². The van der Waals surface area contributed by atoms with Crippen LogP contribution in [0, 0.1) is 23.2 Å². The predicted molar refractivity (Wildman–Crippen MR) is 123 cm³/mol. The molecule has 2 fully saturated rings. The molecule has 0 radical (unpaired) electrons. The number of rotatable bonds is 2. The lowest BCUT2D eigenvalue weighted by atomic mass is 9.75. The number of fused-ring (bicyclic) bond motifs is 4. The van der Waals surface area contributed by atoms with E-state index in [1.54, 1.807) is 0 Å². The van der Waals surface area contributed by atoms with Crippen LogP contribution in [0.5, 0.6) is 0 Å². The highest BCUT2D eigenvalue weighted by molar-refractivity contribution is 8.01. The lowest BCUT2D eigenvalue weighted by Gasteiger charge is -2.35. The van der Waals surface area contributed by atoms with E-state index >= 15 is 0 Å². The van der Waals surface area contributed by atoms with Crippen LogP contribution >= 0.6 is 11.8 Å². The van der Waals surface area contributed by atoms with Gasteiger partial charge in [-0.1, -0.05) is 33.8 Å². The lowest BCUT2D eigenvalue weighted by molar-refractivity contribution is 0.127. The molecule has 1 N–H and O–H groups in total. The van der Waals surface area contributed by atoms with Crippen molar-refractivity contribution >= 4 is 17.5 Å². The highest BCUT2D eigenvalue weighted by atomic mass is 32.2. The topological polar surface area (TPSA) is 33.6 Å². The van der Waals surface area contributed by atoms with Crippen LogP contribution in [0.1, 0.15) is 86.3 Å². The predicted octanol–water partition coefficient (Wildman–Crippen LogP) is 6.07. The van der Waals surface area contributed by atoms with Crippen molar-refractivity contribution < 1.29 is 11.6 Å². The summed E-state index contributed by atoms with van der Waals surface area (Å²) in [6.07, 6.45) is 6.13. The highest BCUT2D eigenvalue weighted by Crippen LogP contribution is 2.51. The van der Waals surface area contributed by atoms with Crippen molar-refractivity contribution in [3.63, 3.8) is 0 Å². The average molecular weight is 420 g/mol. The van der Waals surface area contributed by atoms with Crippen molar-refractivity contribution in [2.75, 3.05) is 0 Å². The quantitative estimate of drug-likeness (QED) is 0.552. The van der Waals surface area contributed by atoms with Crippen molar-refractivity contribution in [1.29, 1.82) is 0 Å². The van der Waals surface area contributed by atoms with Crippen molar-refractivity contribution in [3.8, 4) is 0 Å². The molecule has 0 spiro atoms. The molecule has 5 rings (SSSR count). The Morgan fingerprint density at radius 2 is 2.21 bits per heavy atom. The molecule has 160 valence electrons. The van der Waals surface area contributed by atoms with Gasteiger partial charge in [-0.15, -0.1) is 11.8 Å². The minimum absolute atomic E-state index is 0.0917. The molecule has 4 heterocycles. The van der Waals surface area contributed by atoms with Crippen LogP contribution in [0.2, 0.25) is 0 Å². The Bertz CT molecular complexity index is 935. The summed E-state index contributed by atoms with van der Waals surface area (Å²) in [6.45, 7) is 6.05. The Kier molecular flexibility index (Phi) is 3.88. The van der Waals surface area contributed by atoms with Gasteiger partial charge < -0.3 is 4.74 Å². The van der Waals surface area contributed by atoms with Crippen molar-refractivity contribution in [3.05, 3.63) is 23.0 Å². The second-order valence-corrected chi connectivity index (χ2v) is 11.9. The van der Waals surface area contributed by atoms with Gasteiger partial charge in [0.25, 0.3) is 0 Å². The minimum Gasteiger partial charge on any atom is -0.472 e. The number of aliphatic imine (C=N–C) groups is 1.